The summed E-state index contributed by atoms with van der Waals surface area (Å²) < 4.78 is 36.5. The Labute approximate surface area is 301 Å². The molecule has 50 heavy (non-hydrogen) atoms. The van der Waals surface area contributed by atoms with Crippen LogP contribution in [-0.2, 0) is 41.5 Å². The lowest BCUT2D eigenvalue weighted by molar-refractivity contribution is -0.249. The van der Waals surface area contributed by atoms with Crippen LogP contribution in [0.3, 0.4) is 0 Å². The predicted octanol–water partition coefficient (Wildman–Crippen LogP) is 9.34. The van der Waals surface area contributed by atoms with Crippen LogP contribution >= 0.6 is 0 Å². The van der Waals surface area contributed by atoms with Gasteiger partial charge < -0.3 is 28.4 Å². The van der Waals surface area contributed by atoms with Gasteiger partial charge in [-0.25, -0.2) is 0 Å². The fourth-order valence-electron chi connectivity index (χ4n) is 9.78. The van der Waals surface area contributed by atoms with Crippen molar-refractivity contribution in [1.29, 1.82) is 0 Å². The summed E-state index contributed by atoms with van der Waals surface area (Å²) in [6, 6.07) is 17.3. The minimum Gasteiger partial charge on any atom is -0.489 e. The van der Waals surface area contributed by atoms with E-state index in [-0.39, 0.29) is 17.5 Å². The Bertz CT molecular complexity index is 1320. The lowest BCUT2D eigenvalue weighted by Gasteiger charge is -2.55. The minimum absolute atomic E-state index is 0.0117. The zero-order valence-corrected chi connectivity index (χ0v) is 30.8. The number of aryl methyl sites for hydroxylation is 1. The highest BCUT2D eigenvalue weighted by Crippen LogP contribution is 2.66. The first kappa shape index (κ1) is 37.3. The predicted molar refractivity (Wildman–Crippen MR) is 195 cm³/mol. The summed E-state index contributed by atoms with van der Waals surface area (Å²) in [6.45, 7) is 6.74. The number of hydrogen-bond acceptors (Lipinski definition) is 7. The maximum atomic E-state index is 11.1. The van der Waals surface area contributed by atoms with Crippen molar-refractivity contribution in [2.45, 2.75) is 134 Å². The quantitative estimate of drug-likeness (QED) is 0.101. The standard InChI is InChI=1S/C43H62O7/c1-42-31-39(47-27-14-9-7-5-3-4-6-8-13-25-46-26-15-18-40(44)45-2)41-36-22-20-35(48-32-33-16-11-10-12-17-33)30-34(36)19-21-37(41)38(42)23-24-43(42)49-28-29-50-43/h10-12,16-17,20,22,30,37-39,41H,3-9,13-15,18-19,21,23-29,31-32H2,1-2H3/t37-,38-,39-,41+,42-/m0/s1. The first-order valence-corrected chi connectivity index (χ1v) is 19.9. The number of esters is 1. The molecule has 6 rings (SSSR count). The van der Waals surface area contributed by atoms with Crippen molar-refractivity contribution in [3.05, 3.63) is 65.2 Å². The SMILES string of the molecule is COC(=O)CCCOCCCCCCCCCCCO[C@H]1C[C@@]2(C)[C@@H](CCC23OCCO3)[C@@H]2CCc3cc(OCc4ccccc4)ccc3[C@H]21. The number of fused-ring (bicyclic) bond motifs is 6. The van der Waals surface area contributed by atoms with Crippen LogP contribution in [0.2, 0.25) is 0 Å². The summed E-state index contributed by atoms with van der Waals surface area (Å²) in [5.41, 5.74) is 4.11. The molecule has 4 aliphatic rings. The zero-order chi connectivity index (χ0) is 34.7. The molecule has 1 aliphatic heterocycles. The molecule has 0 radical (unpaired) electrons. The fourth-order valence-corrected chi connectivity index (χ4v) is 9.78. The topological polar surface area (TPSA) is 72.5 Å². The first-order valence-electron chi connectivity index (χ1n) is 19.9. The van der Waals surface area contributed by atoms with E-state index >= 15 is 0 Å². The number of carbonyl (C=O) groups is 1. The van der Waals surface area contributed by atoms with Gasteiger partial charge >= 0.3 is 5.97 Å². The van der Waals surface area contributed by atoms with Gasteiger partial charge in [0.25, 0.3) is 0 Å². The molecule has 276 valence electrons. The summed E-state index contributed by atoms with van der Waals surface area (Å²) in [5.74, 6) is 1.98. The number of carbonyl (C=O) groups excluding carboxylic acids is 1. The van der Waals surface area contributed by atoms with E-state index in [1.54, 1.807) is 0 Å². The molecule has 0 unspecified atom stereocenters. The van der Waals surface area contributed by atoms with E-state index in [0.717, 1.165) is 57.5 Å². The number of benzene rings is 2. The van der Waals surface area contributed by atoms with Gasteiger partial charge in [0, 0.05) is 44.0 Å². The lowest BCUT2D eigenvalue weighted by Crippen LogP contribution is -2.56. The number of unbranched alkanes of at least 4 members (excludes halogenated alkanes) is 8. The summed E-state index contributed by atoms with van der Waals surface area (Å²) >= 11 is 0. The second-order valence-electron chi connectivity index (χ2n) is 15.5. The lowest BCUT2D eigenvalue weighted by atomic mass is 9.53. The molecule has 3 aliphatic carbocycles. The molecule has 1 saturated heterocycles. The van der Waals surface area contributed by atoms with Crippen molar-refractivity contribution in [2.24, 2.45) is 17.3 Å². The van der Waals surface area contributed by atoms with E-state index in [1.165, 1.54) is 81.6 Å². The molecule has 5 atom stereocenters. The zero-order valence-electron chi connectivity index (χ0n) is 30.8. The van der Waals surface area contributed by atoms with Crippen molar-refractivity contribution >= 4 is 5.97 Å². The average Bonchev–Trinajstić information content (AvgIpc) is 3.75. The van der Waals surface area contributed by atoms with Crippen molar-refractivity contribution < 1.29 is 33.2 Å². The van der Waals surface area contributed by atoms with Crippen molar-refractivity contribution in [3.63, 3.8) is 0 Å². The van der Waals surface area contributed by atoms with Gasteiger partial charge in [-0.15, -0.1) is 0 Å². The number of hydrogen-bond donors (Lipinski definition) is 0. The normalized spacial score (nSPS) is 26.4. The number of rotatable bonds is 20. The van der Waals surface area contributed by atoms with E-state index < -0.39 is 5.79 Å². The Hall–Kier alpha value is -2.45. The van der Waals surface area contributed by atoms with Gasteiger partial charge in [0.15, 0.2) is 5.79 Å². The van der Waals surface area contributed by atoms with E-state index in [1.807, 2.05) is 6.07 Å². The molecule has 3 fully saturated rings. The van der Waals surface area contributed by atoms with Gasteiger partial charge in [0.2, 0.25) is 0 Å². The van der Waals surface area contributed by atoms with Crippen LogP contribution in [0.25, 0.3) is 0 Å². The molecule has 0 amide bonds. The summed E-state index contributed by atoms with van der Waals surface area (Å²) in [4.78, 5) is 11.1. The van der Waals surface area contributed by atoms with E-state index in [4.69, 9.17) is 23.7 Å². The van der Waals surface area contributed by atoms with Gasteiger partial charge in [-0.05, 0) is 85.6 Å². The third-order valence-corrected chi connectivity index (χ3v) is 12.4. The van der Waals surface area contributed by atoms with Crippen molar-refractivity contribution in [2.75, 3.05) is 40.1 Å². The van der Waals surface area contributed by atoms with Gasteiger partial charge in [-0.3, -0.25) is 4.79 Å². The first-order chi connectivity index (χ1) is 24.5. The van der Waals surface area contributed by atoms with Crippen molar-refractivity contribution in [3.8, 4) is 5.75 Å². The van der Waals surface area contributed by atoms with E-state index in [0.29, 0.717) is 50.6 Å². The smallest absolute Gasteiger partial charge is 0.305 e. The highest BCUT2D eigenvalue weighted by Gasteiger charge is 2.67. The summed E-state index contributed by atoms with van der Waals surface area (Å²) in [5, 5.41) is 0. The molecular formula is C43H62O7. The van der Waals surface area contributed by atoms with Crippen LogP contribution in [-0.4, -0.2) is 58.0 Å². The fraction of sp³-hybridized carbons (Fsp3) is 0.698. The third-order valence-electron chi connectivity index (χ3n) is 12.4. The summed E-state index contributed by atoms with van der Waals surface area (Å²) in [7, 11) is 1.43. The largest absolute Gasteiger partial charge is 0.489 e. The Kier molecular flexibility index (Phi) is 13.7. The monoisotopic (exact) mass is 690 g/mol. The van der Waals surface area contributed by atoms with Gasteiger partial charge in [0.1, 0.15) is 12.4 Å². The van der Waals surface area contributed by atoms with Crippen LogP contribution < -0.4 is 4.74 Å². The van der Waals surface area contributed by atoms with Gasteiger partial charge in [0.05, 0.1) is 26.4 Å². The molecule has 0 N–H and O–H groups in total. The van der Waals surface area contributed by atoms with Crippen LogP contribution in [0.4, 0.5) is 0 Å². The molecule has 2 saturated carbocycles. The molecule has 0 aromatic heterocycles. The van der Waals surface area contributed by atoms with Crippen LogP contribution in [0, 0.1) is 17.3 Å². The van der Waals surface area contributed by atoms with E-state index in [9.17, 15) is 4.79 Å². The van der Waals surface area contributed by atoms with Crippen LogP contribution in [0.1, 0.15) is 126 Å². The Balaban J connectivity index is 0.957. The van der Waals surface area contributed by atoms with E-state index in [2.05, 4.69) is 54.1 Å². The molecule has 7 nitrogen and oxygen atoms in total. The molecule has 1 spiro atoms. The molecular weight excluding hydrogens is 628 g/mol. The van der Waals surface area contributed by atoms with Gasteiger partial charge in [-0.2, -0.15) is 0 Å². The molecule has 7 heteroatoms. The second kappa shape index (κ2) is 18.3. The molecule has 2 aromatic carbocycles. The average molecular weight is 691 g/mol. The Morgan fingerprint density at radius 2 is 1.54 bits per heavy atom. The highest BCUT2D eigenvalue weighted by molar-refractivity contribution is 5.69. The minimum atomic E-state index is -0.432. The van der Waals surface area contributed by atoms with Gasteiger partial charge in [-0.1, -0.05) is 88.3 Å². The highest BCUT2D eigenvalue weighted by atomic mass is 16.7. The number of ether oxygens (including phenoxy) is 6. The summed E-state index contributed by atoms with van der Waals surface area (Å²) in [6.07, 6.45) is 18.0. The second-order valence-corrected chi connectivity index (χ2v) is 15.5. The maximum Gasteiger partial charge on any atom is 0.305 e. The van der Waals surface area contributed by atoms with Crippen LogP contribution in [0.5, 0.6) is 5.75 Å². The maximum absolute atomic E-state index is 11.1. The Morgan fingerprint density at radius 1 is 0.840 bits per heavy atom. The Morgan fingerprint density at radius 3 is 2.28 bits per heavy atom. The molecule has 1 heterocycles. The number of methoxy groups -OCH3 is 1. The van der Waals surface area contributed by atoms with Crippen molar-refractivity contribution in [1.82, 2.24) is 0 Å². The molecule has 0 bridgehead atoms. The third kappa shape index (κ3) is 8.94. The molecule has 2 aromatic rings. The van der Waals surface area contributed by atoms with Crippen LogP contribution in [0.15, 0.2) is 48.5 Å².